The fourth-order valence-corrected chi connectivity index (χ4v) is 3.26. The monoisotopic (exact) mass is 389 g/mol. The largest absolute Gasteiger partial charge is 0.356 e. The summed E-state index contributed by atoms with van der Waals surface area (Å²) in [5.74, 6) is -0.145. The van der Waals surface area contributed by atoms with Gasteiger partial charge in [0.25, 0.3) is 5.56 Å². The third-order valence-electron chi connectivity index (χ3n) is 4.07. The first kappa shape index (κ1) is 18.4. The van der Waals surface area contributed by atoms with Crippen molar-refractivity contribution < 1.29 is 4.79 Å². The Labute approximate surface area is 160 Å². The van der Waals surface area contributed by atoms with Crippen LogP contribution < -0.4 is 10.9 Å². The van der Waals surface area contributed by atoms with E-state index in [2.05, 4.69) is 10.3 Å². The molecule has 0 saturated heterocycles. The Morgan fingerprint density at radius 1 is 1.08 bits per heavy atom. The zero-order valence-corrected chi connectivity index (χ0v) is 15.4. The molecule has 0 aliphatic heterocycles. The van der Waals surface area contributed by atoms with Gasteiger partial charge in [0.1, 0.15) is 0 Å². The molecule has 0 unspecified atom stereocenters. The third-order valence-corrected chi connectivity index (χ3v) is 4.78. The molecule has 0 aliphatic carbocycles. The number of fused-ring (bicyclic) bond motifs is 1. The third kappa shape index (κ3) is 4.23. The predicted octanol–water partition coefficient (Wildman–Crippen LogP) is 3.45. The van der Waals surface area contributed by atoms with Gasteiger partial charge in [-0.05, 0) is 36.2 Å². The van der Waals surface area contributed by atoms with E-state index in [0.717, 1.165) is 5.56 Å². The Morgan fingerprint density at radius 3 is 2.58 bits per heavy atom. The van der Waals surface area contributed by atoms with Crippen LogP contribution in [0.15, 0.2) is 53.6 Å². The number of hydrogen-bond donors (Lipinski definition) is 1. The summed E-state index contributed by atoms with van der Waals surface area (Å²) in [6.45, 7) is 0.697. The Morgan fingerprint density at radius 2 is 1.81 bits per heavy atom. The maximum Gasteiger partial charge on any atom is 0.261 e. The highest BCUT2D eigenvalue weighted by Gasteiger charge is 2.08. The number of benzene rings is 2. The van der Waals surface area contributed by atoms with E-state index in [0.29, 0.717) is 33.9 Å². The molecule has 1 aromatic heterocycles. The summed E-state index contributed by atoms with van der Waals surface area (Å²) in [5.41, 5.74) is 1.31. The topological polar surface area (TPSA) is 64.0 Å². The van der Waals surface area contributed by atoms with Crippen LogP contribution in [-0.2, 0) is 17.8 Å². The van der Waals surface area contributed by atoms with Crippen LogP contribution in [0, 0.1) is 0 Å². The first-order valence-electron chi connectivity index (χ1n) is 8.20. The van der Waals surface area contributed by atoms with E-state index >= 15 is 0 Å². The zero-order chi connectivity index (χ0) is 18.5. The van der Waals surface area contributed by atoms with Gasteiger partial charge in [-0.15, -0.1) is 0 Å². The van der Waals surface area contributed by atoms with E-state index in [1.807, 2.05) is 6.07 Å². The molecule has 0 bridgehead atoms. The number of carbonyl (C=O) groups excluding carboxylic acids is 1. The van der Waals surface area contributed by atoms with E-state index in [-0.39, 0.29) is 24.4 Å². The van der Waals surface area contributed by atoms with Gasteiger partial charge in [0.05, 0.1) is 17.2 Å². The van der Waals surface area contributed by atoms with Crippen molar-refractivity contribution in [2.45, 2.75) is 19.4 Å². The van der Waals surface area contributed by atoms with Crippen molar-refractivity contribution >= 4 is 40.0 Å². The lowest BCUT2D eigenvalue weighted by atomic mass is 10.1. The van der Waals surface area contributed by atoms with E-state index in [9.17, 15) is 9.59 Å². The average molecular weight is 390 g/mol. The Kier molecular flexibility index (Phi) is 5.91. The molecule has 134 valence electrons. The van der Waals surface area contributed by atoms with Gasteiger partial charge < -0.3 is 5.32 Å². The second-order valence-corrected chi connectivity index (χ2v) is 6.62. The molecule has 1 amide bonds. The second kappa shape index (κ2) is 8.34. The van der Waals surface area contributed by atoms with Crippen LogP contribution in [0.1, 0.15) is 12.0 Å². The lowest BCUT2D eigenvalue weighted by molar-refractivity contribution is -0.121. The van der Waals surface area contributed by atoms with E-state index in [1.165, 1.54) is 10.9 Å². The molecule has 0 radical (unpaired) electrons. The smallest absolute Gasteiger partial charge is 0.261 e. The SMILES string of the molecule is O=C(CCn1cnc2ccccc2c1=O)NCCc1c(Cl)cccc1Cl. The van der Waals surface area contributed by atoms with Gasteiger partial charge >= 0.3 is 0 Å². The van der Waals surface area contributed by atoms with Gasteiger partial charge in [0.15, 0.2) is 0 Å². The minimum Gasteiger partial charge on any atom is -0.356 e. The molecule has 7 heteroatoms. The van der Waals surface area contributed by atoms with Crippen molar-refractivity contribution in [1.82, 2.24) is 14.9 Å². The highest BCUT2D eigenvalue weighted by atomic mass is 35.5. The molecule has 0 aliphatic rings. The number of aryl methyl sites for hydroxylation is 1. The van der Waals surface area contributed by atoms with Gasteiger partial charge in [-0.25, -0.2) is 4.98 Å². The standard InChI is InChI=1S/C19H17Cl2N3O2/c20-15-5-3-6-16(21)13(15)8-10-22-18(25)9-11-24-12-23-17-7-2-1-4-14(17)19(24)26/h1-7,12H,8-11H2,(H,22,25). The Hall–Kier alpha value is -2.37. The average Bonchev–Trinajstić information content (AvgIpc) is 2.64. The van der Waals surface area contributed by atoms with Gasteiger partial charge in [0, 0.05) is 29.6 Å². The van der Waals surface area contributed by atoms with Crippen molar-refractivity contribution in [3.8, 4) is 0 Å². The lowest BCUT2D eigenvalue weighted by Crippen LogP contribution is -2.29. The molecule has 1 heterocycles. The van der Waals surface area contributed by atoms with Crippen LogP contribution in [0.3, 0.4) is 0 Å². The van der Waals surface area contributed by atoms with E-state index in [1.54, 1.807) is 36.4 Å². The molecule has 3 aromatic rings. The summed E-state index contributed by atoms with van der Waals surface area (Å²) >= 11 is 12.2. The van der Waals surface area contributed by atoms with Crippen molar-refractivity contribution in [2.24, 2.45) is 0 Å². The van der Waals surface area contributed by atoms with Gasteiger partial charge in [0.2, 0.25) is 5.91 Å². The highest BCUT2D eigenvalue weighted by Crippen LogP contribution is 2.24. The molecule has 1 N–H and O–H groups in total. The number of hydrogen-bond acceptors (Lipinski definition) is 3. The summed E-state index contributed by atoms with van der Waals surface area (Å²) < 4.78 is 1.45. The lowest BCUT2D eigenvalue weighted by Gasteiger charge is -2.09. The minimum absolute atomic E-state index is 0.145. The summed E-state index contributed by atoms with van der Waals surface area (Å²) in [6.07, 6.45) is 2.21. The maximum atomic E-state index is 12.4. The molecule has 0 spiro atoms. The van der Waals surface area contributed by atoms with Crippen molar-refractivity contribution in [3.63, 3.8) is 0 Å². The molecule has 0 atom stereocenters. The van der Waals surface area contributed by atoms with Crippen molar-refractivity contribution in [1.29, 1.82) is 0 Å². The van der Waals surface area contributed by atoms with Crippen molar-refractivity contribution in [3.05, 3.63) is 74.8 Å². The Bertz CT molecular complexity index is 981. The first-order chi connectivity index (χ1) is 12.6. The molecule has 5 nitrogen and oxygen atoms in total. The van der Waals surface area contributed by atoms with Crippen LogP contribution in [0.25, 0.3) is 10.9 Å². The number of rotatable bonds is 6. The maximum absolute atomic E-state index is 12.4. The summed E-state index contributed by atoms with van der Waals surface area (Å²) in [6, 6.07) is 12.5. The second-order valence-electron chi connectivity index (χ2n) is 5.81. The normalized spacial score (nSPS) is 10.8. The molecule has 0 fully saturated rings. The molecule has 0 saturated carbocycles. The summed E-state index contributed by atoms with van der Waals surface area (Å²) in [5, 5.41) is 4.53. The Balaban J connectivity index is 1.55. The molecule has 26 heavy (non-hydrogen) atoms. The van der Waals surface area contributed by atoms with E-state index in [4.69, 9.17) is 23.2 Å². The fourth-order valence-electron chi connectivity index (χ4n) is 2.67. The van der Waals surface area contributed by atoms with Crippen LogP contribution in [0.4, 0.5) is 0 Å². The van der Waals surface area contributed by atoms with Crippen LogP contribution in [0.2, 0.25) is 10.0 Å². The van der Waals surface area contributed by atoms with Crippen LogP contribution in [-0.4, -0.2) is 22.0 Å². The molecule has 3 rings (SSSR count). The summed E-state index contributed by atoms with van der Waals surface area (Å²) in [4.78, 5) is 28.7. The molecule has 2 aromatic carbocycles. The molecular weight excluding hydrogens is 373 g/mol. The number of halogens is 2. The highest BCUT2D eigenvalue weighted by molar-refractivity contribution is 6.36. The fraction of sp³-hybridized carbons (Fsp3) is 0.211. The van der Waals surface area contributed by atoms with Crippen LogP contribution in [0.5, 0.6) is 0 Å². The number of nitrogens with one attached hydrogen (secondary N) is 1. The number of amides is 1. The van der Waals surface area contributed by atoms with Crippen molar-refractivity contribution in [2.75, 3.05) is 6.54 Å². The van der Waals surface area contributed by atoms with E-state index < -0.39 is 0 Å². The van der Waals surface area contributed by atoms with Gasteiger partial charge in [-0.2, -0.15) is 0 Å². The number of para-hydroxylation sites is 1. The molecular formula is C19H17Cl2N3O2. The first-order valence-corrected chi connectivity index (χ1v) is 8.95. The van der Waals surface area contributed by atoms with Gasteiger partial charge in [-0.1, -0.05) is 41.4 Å². The number of aromatic nitrogens is 2. The number of carbonyl (C=O) groups is 1. The zero-order valence-electron chi connectivity index (χ0n) is 13.9. The minimum atomic E-state index is -0.147. The van der Waals surface area contributed by atoms with Gasteiger partial charge in [-0.3, -0.25) is 14.2 Å². The quantitative estimate of drug-likeness (QED) is 0.701. The van der Waals surface area contributed by atoms with Crippen LogP contribution >= 0.6 is 23.2 Å². The summed E-state index contributed by atoms with van der Waals surface area (Å²) in [7, 11) is 0. The number of nitrogens with zero attached hydrogens (tertiary/aromatic N) is 2. The predicted molar refractivity (Wildman–Crippen MR) is 104 cm³/mol.